The van der Waals surface area contributed by atoms with Crippen molar-refractivity contribution in [1.82, 2.24) is 4.98 Å². The molecule has 1 amide bonds. The van der Waals surface area contributed by atoms with Gasteiger partial charge in [-0.25, -0.2) is 13.8 Å². The van der Waals surface area contributed by atoms with Crippen molar-refractivity contribution >= 4 is 17.4 Å². The number of nitrogens with zero attached hydrogens (tertiary/aromatic N) is 1. The Balaban J connectivity index is 2.22. The fraction of sp³-hybridized carbons (Fsp3) is 0. The number of rotatable bonds is 2. The molecule has 0 fully saturated rings. The molecule has 1 aromatic heterocycles. The van der Waals surface area contributed by atoms with Gasteiger partial charge in [0.15, 0.2) is 11.6 Å². The van der Waals surface area contributed by atoms with Crippen molar-refractivity contribution in [2.75, 3.05) is 11.1 Å². The van der Waals surface area contributed by atoms with Crippen molar-refractivity contribution in [3.63, 3.8) is 0 Å². The number of hydrogen-bond acceptors (Lipinski definition) is 3. The molecule has 1 aromatic carbocycles. The van der Waals surface area contributed by atoms with Gasteiger partial charge in [0.1, 0.15) is 5.82 Å². The molecule has 2 rings (SSSR count). The SMILES string of the molecule is Nc1ccc(NC(=O)c2cccc(F)c2F)nc1. The third-order valence-electron chi connectivity index (χ3n) is 2.22. The minimum atomic E-state index is -1.19. The molecule has 0 spiro atoms. The molecule has 0 saturated carbocycles. The summed E-state index contributed by atoms with van der Waals surface area (Å²) in [6, 6.07) is 6.37. The molecule has 1 heterocycles. The molecular formula is C12H9F2N3O. The van der Waals surface area contributed by atoms with E-state index in [-0.39, 0.29) is 11.4 Å². The monoisotopic (exact) mass is 249 g/mol. The van der Waals surface area contributed by atoms with Crippen LogP contribution in [0.4, 0.5) is 20.3 Å². The van der Waals surface area contributed by atoms with Gasteiger partial charge in [-0.15, -0.1) is 0 Å². The second-order valence-electron chi connectivity index (χ2n) is 3.53. The van der Waals surface area contributed by atoms with Gasteiger partial charge in [0, 0.05) is 0 Å². The van der Waals surface area contributed by atoms with E-state index in [4.69, 9.17) is 5.73 Å². The lowest BCUT2D eigenvalue weighted by atomic mass is 10.2. The van der Waals surface area contributed by atoms with Crippen LogP contribution in [0.1, 0.15) is 10.4 Å². The maximum absolute atomic E-state index is 13.3. The molecule has 0 aliphatic rings. The zero-order chi connectivity index (χ0) is 13.1. The maximum atomic E-state index is 13.3. The molecule has 0 aliphatic heterocycles. The molecule has 0 aliphatic carbocycles. The average molecular weight is 249 g/mol. The number of nitrogen functional groups attached to an aromatic ring is 1. The third kappa shape index (κ3) is 2.42. The Labute approximate surface area is 101 Å². The number of carbonyl (C=O) groups excluding carboxylic acids is 1. The van der Waals surface area contributed by atoms with Crippen molar-refractivity contribution in [3.8, 4) is 0 Å². The second-order valence-corrected chi connectivity index (χ2v) is 3.53. The summed E-state index contributed by atoms with van der Waals surface area (Å²) >= 11 is 0. The highest BCUT2D eigenvalue weighted by Gasteiger charge is 2.15. The highest BCUT2D eigenvalue weighted by Crippen LogP contribution is 2.13. The van der Waals surface area contributed by atoms with Crippen LogP contribution in [0, 0.1) is 11.6 Å². The van der Waals surface area contributed by atoms with Gasteiger partial charge in [0.2, 0.25) is 0 Å². The molecule has 92 valence electrons. The highest BCUT2D eigenvalue weighted by atomic mass is 19.2. The van der Waals surface area contributed by atoms with Crippen molar-refractivity contribution in [2.45, 2.75) is 0 Å². The summed E-state index contributed by atoms with van der Waals surface area (Å²) in [6.07, 6.45) is 1.34. The zero-order valence-electron chi connectivity index (χ0n) is 9.15. The number of amides is 1. The summed E-state index contributed by atoms with van der Waals surface area (Å²) in [5, 5.41) is 2.34. The van der Waals surface area contributed by atoms with Crippen LogP contribution in [0.5, 0.6) is 0 Å². The van der Waals surface area contributed by atoms with E-state index in [9.17, 15) is 13.6 Å². The summed E-state index contributed by atoms with van der Waals surface area (Å²) in [7, 11) is 0. The lowest BCUT2D eigenvalue weighted by molar-refractivity contribution is 0.102. The summed E-state index contributed by atoms with van der Waals surface area (Å²) in [5.74, 6) is -2.83. The van der Waals surface area contributed by atoms with Gasteiger partial charge in [-0.3, -0.25) is 4.79 Å². The first-order valence-corrected chi connectivity index (χ1v) is 5.05. The van der Waals surface area contributed by atoms with E-state index in [1.54, 1.807) is 0 Å². The largest absolute Gasteiger partial charge is 0.397 e. The number of pyridine rings is 1. The van der Waals surface area contributed by atoms with E-state index < -0.39 is 17.5 Å². The van der Waals surface area contributed by atoms with Crippen LogP contribution in [0.3, 0.4) is 0 Å². The normalized spacial score (nSPS) is 10.1. The maximum Gasteiger partial charge on any atom is 0.259 e. The first-order valence-electron chi connectivity index (χ1n) is 5.05. The van der Waals surface area contributed by atoms with Crippen molar-refractivity contribution in [3.05, 3.63) is 53.7 Å². The second kappa shape index (κ2) is 4.79. The fourth-order valence-corrected chi connectivity index (χ4v) is 1.34. The minimum Gasteiger partial charge on any atom is -0.397 e. The zero-order valence-corrected chi connectivity index (χ0v) is 9.15. The molecule has 0 saturated heterocycles. The molecule has 3 N–H and O–H groups in total. The highest BCUT2D eigenvalue weighted by molar-refractivity contribution is 6.03. The topological polar surface area (TPSA) is 68.0 Å². The molecule has 4 nitrogen and oxygen atoms in total. The lowest BCUT2D eigenvalue weighted by Gasteiger charge is -2.05. The van der Waals surface area contributed by atoms with Gasteiger partial charge < -0.3 is 11.1 Å². The lowest BCUT2D eigenvalue weighted by Crippen LogP contribution is -2.15. The van der Waals surface area contributed by atoms with E-state index in [1.165, 1.54) is 30.5 Å². The first-order chi connectivity index (χ1) is 8.58. The third-order valence-corrected chi connectivity index (χ3v) is 2.22. The molecule has 0 radical (unpaired) electrons. The van der Waals surface area contributed by atoms with Crippen LogP contribution in [0.2, 0.25) is 0 Å². The number of anilines is 2. The van der Waals surface area contributed by atoms with Crippen LogP contribution in [0.15, 0.2) is 36.5 Å². The van der Waals surface area contributed by atoms with E-state index in [0.717, 1.165) is 6.07 Å². The van der Waals surface area contributed by atoms with Crippen LogP contribution in [0.25, 0.3) is 0 Å². The number of hydrogen-bond donors (Lipinski definition) is 2. The van der Waals surface area contributed by atoms with Crippen molar-refractivity contribution in [2.24, 2.45) is 0 Å². The van der Waals surface area contributed by atoms with Gasteiger partial charge in [0.05, 0.1) is 17.4 Å². The molecule has 0 unspecified atom stereocenters. The minimum absolute atomic E-state index is 0.206. The summed E-state index contributed by atoms with van der Waals surface area (Å²) in [5.41, 5.74) is 5.48. The Bertz CT molecular complexity index is 584. The molecule has 2 aromatic rings. The molecular weight excluding hydrogens is 240 g/mol. The predicted molar refractivity (Wildman–Crippen MR) is 63.0 cm³/mol. The Morgan fingerprint density at radius 3 is 2.67 bits per heavy atom. The molecule has 18 heavy (non-hydrogen) atoms. The summed E-state index contributed by atoms with van der Waals surface area (Å²) in [6.45, 7) is 0. The Morgan fingerprint density at radius 2 is 2.00 bits per heavy atom. The molecule has 0 atom stereocenters. The van der Waals surface area contributed by atoms with E-state index in [1.807, 2.05) is 0 Å². The number of nitrogens with two attached hydrogens (primary N) is 1. The Kier molecular flexibility index (Phi) is 3.18. The fourth-order valence-electron chi connectivity index (χ4n) is 1.34. The van der Waals surface area contributed by atoms with E-state index in [2.05, 4.69) is 10.3 Å². The molecule has 0 bridgehead atoms. The van der Waals surface area contributed by atoms with Crippen LogP contribution < -0.4 is 11.1 Å². The number of carbonyl (C=O) groups is 1. The summed E-state index contributed by atoms with van der Waals surface area (Å²) in [4.78, 5) is 15.5. The van der Waals surface area contributed by atoms with Crippen LogP contribution in [-0.2, 0) is 0 Å². The van der Waals surface area contributed by atoms with Gasteiger partial charge in [-0.05, 0) is 24.3 Å². The van der Waals surface area contributed by atoms with Crippen molar-refractivity contribution in [1.29, 1.82) is 0 Å². The Hall–Kier alpha value is -2.50. The van der Waals surface area contributed by atoms with E-state index in [0.29, 0.717) is 5.69 Å². The van der Waals surface area contributed by atoms with Crippen LogP contribution >= 0.6 is 0 Å². The predicted octanol–water partition coefficient (Wildman–Crippen LogP) is 2.19. The number of nitrogens with one attached hydrogen (secondary N) is 1. The van der Waals surface area contributed by atoms with Gasteiger partial charge >= 0.3 is 0 Å². The van der Waals surface area contributed by atoms with Crippen molar-refractivity contribution < 1.29 is 13.6 Å². The first kappa shape index (κ1) is 12.0. The standard InChI is InChI=1S/C12H9F2N3O/c13-9-3-1-2-8(11(9)14)12(18)17-10-5-4-7(15)6-16-10/h1-6H,15H2,(H,16,17,18). The van der Waals surface area contributed by atoms with E-state index >= 15 is 0 Å². The smallest absolute Gasteiger partial charge is 0.259 e. The quantitative estimate of drug-likeness (QED) is 0.857. The summed E-state index contributed by atoms with van der Waals surface area (Å²) < 4.78 is 26.3. The molecule has 6 heteroatoms. The van der Waals surface area contributed by atoms with Gasteiger partial charge in [-0.2, -0.15) is 0 Å². The Morgan fingerprint density at radius 1 is 1.22 bits per heavy atom. The van der Waals surface area contributed by atoms with Gasteiger partial charge in [-0.1, -0.05) is 6.07 Å². The number of halogens is 2. The number of aromatic nitrogens is 1. The number of benzene rings is 1. The van der Waals surface area contributed by atoms with Crippen LogP contribution in [-0.4, -0.2) is 10.9 Å². The average Bonchev–Trinajstić information content (AvgIpc) is 2.35. The van der Waals surface area contributed by atoms with Gasteiger partial charge in [0.25, 0.3) is 5.91 Å².